The smallest absolute Gasteiger partial charge is 0.227 e. The molecule has 0 unspecified atom stereocenters. The molecule has 1 aromatic carbocycles. The first-order valence-corrected chi connectivity index (χ1v) is 10.1. The molecule has 0 radical (unpaired) electrons. The van der Waals surface area contributed by atoms with Crippen molar-refractivity contribution >= 4 is 17.2 Å². The van der Waals surface area contributed by atoms with Crippen molar-refractivity contribution in [2.45, 2.75) is 43.7 Å². The third-order valence-electron chi connectivity index (χ3n) is 6.45. The topological polar surface area (TPSA) is 43.8 Å². The van der Waals surface area contributed by atoms with Crippen LogP contribution in [0.1, 0.15) is 30.0 Å². The Balaban J connectivity index is 1.71. The zero-order valence-electron chi connectivity index (χ0n) is 15.6. The molecule has 4 nitrogen and oxygen atoms in total. The highest BCUT2D eigenvalue weighted by Crippen LogP contribution is 2.47. The number of phenolic OH excluding ortho intramolecular Hbond substituents is 1. The molecule has 1 amide bonds. The predicted molar refractivity (Wildman–Crippen MR) is 105 cm³/mol. The number of aromatic hydroxyl groups is 1. The van der Waals surface area contributed by atoms with Gasteiger partial charge >= 0.3 is 0 Å². The number of fused-ring (bicyclic) bond motifs is 4. The van der Waals surface area contributed by atoms with Gasteiger partial charge in [-0.2, -0.15) is 11.3 Å². The van der Waals surface area contributed by atoms with Gasteiger partial charge in [0.15, 0.2) is 0 Å². The molecule has 1 saturated heterocycles. The Morgan fingerprint density at radius 3 is 2.96 bits per heavy atom. The molecular weight excluding hydrogens is 344 g/mol. The minimum Gasteiger partial charge on any atom is -0.508 e. The third-order valence-corrected chi connectivity index (χ3v) is 7.18. The first-order chi connectivity index (χ1) is 12.4. The SMILES string of the molecule is CN1CC[C@]2(C)c3cc(O)ccc3C[C@@H]1[C@@H]2N(C)C(=O)Cc1ccsc1. The molecule has 0 spiro atoms. The van der Waals surface area contributed by atoms with Gasteiger partial charge < -0.3 is 14.9 Å². The lowest BCUT2D eigenvalue weighted by Gasteiger charge is -2.57. The number of amides is 1. The van der Waals surface area contributed by atoms with Gasteiger partial charge in [0, 0.05) is 18.5 Å². The van der Waals surface area contributed by atoms with Crippen LogP contribution < -0.4 is 0 Å². The largest absolute Gasteiger partial charge is 0.508 e. The first-order valence-electron chi connectivity index (χ1n) is 9.19. The lowest BCUT2D eigenvalue weighted by molar-refractivity contribution is -0.136. The summed E-state index contributed by atoms with van der Waals surface area (Å²) in [6, 6.07) is 8.20. The van der Waals surface area contributed by atoms with E-state index in [1.165, 1.54) is 11.1 Å². The fraction of sp³-hybridized carbons (Fsp3) is 0.476. The van der Waals surface area contributed by atoms with Crippen LogP contribution in [0.5, 0.6) is 5.75 Å². The molecule has 2 bridgehead atoms. The van der Waals surface area contributed by atoms with Crippen LogP contribution >= 0.6 is 11.3 Å². The Bertz CT molecular complexity index is 819. The van der Waals surface area contributed by atoms with Crippen LogP contribution in [-0.4, -0.2) is 53.5 Å². The van der Waals surface area contributed by atoms with Gasteiger partial charge in [0.05, 0.1) is 12.5 Å². The Kier molecular flexibility index (Phi) is 4.32. The third kappa shape index (κ3) is 2.74. The van der Waals surface area contributed by atoms with Crippen LogP contribution in [0, 0.1) is 0 Å². The Morgan fingerprint density at radius 2 is 2.23 bits per heavy atom. The predicted octanol–water partition coefficient (Wildman–Crippen LogP) is 3.04. The molecule has 0 saturated carbocycles. The quantitative estimate of drug-likeness (QED) is 0.903. The van der Waals surface area contributed by atoms with E-state index in [9.17, 15) is 9.90 Å². The van der Waals surface area contributed by atoms with Crippen LogP contribution in [0.15, 0.2) is 35.0 Å². The molecule has 1 aliphatic heterocycles. The maximum absolute atomic E-state index is 13.0. The summed E-state index contributed by atoms with van der Waals surface area (Å²) in [5.41, 5.74) is 3.46. The molecule has 4 rings (SSSR count). The van der Waals surface area contributed by atoms with E-state index in [2.05, 4.69) is 30.3 Å². The molecule has 1 fully saturated rings. The Labute approximate surface area is 159 Å². The molecule has 26 heavy (non-hydrogen) atoms. The second-order valence-corrected chi connectivity index (χ2v) is 8.80. The monoisotopic (exact) mass is 370 g/mol. The number of carbonyl (C=O) groups excluding carboxylic acids is 1. The number of phenols is 1. The van der Waals surface area contributed by atoms with E-state index < -0.39 is 0 Å². The van der Waals surface area contributed by atoms with Gasteiger partial charge in [0.2, 0.25) is 5.91 Å². The van der Waals surface area contributed by atoms with Crippen molar-refractivity contribution in [3.05, 3.63) is 51.7 Å². The van der Waals surface area contributed by atoms with Crippen molar-refractivity contribution in [2.24, 2.45) is 0 Å². The lowest BCUT2D eigenvalue weighted by Crippen LogP contribution is -2.67. The van der Waals surface area contributed by atoms with Gasteiger partial charge in [-0.15, -0.1) is 0 Å². The van der Waals surface area contributed by atoms with Gasteiger partial charge in [0.25, 0.3) is 0 Å². The van der Waals surface area contributed by atoms with Gasteiger partial charge in [-0.1, -0.05) is 13.0 Å². The average molecular weight is 371 g/mol. The number of hydrogen-bond donors (Lipinski definition) is 1. The molecule has 1 N–H and O–H groups in total. The second kappa shape index (κ2) is 6.39. The van der Waals surface area contributed by atoms with Gasteiger partial charge in [-0.25, -0.2) is 0 Å². The molecule has 5 heteroatoms. The van der Waals surface area contributed by atoms with Crippen LogP contribution in [-0.2, 0) is 23.1 Å². The lowest BCUT2D eigenvalue weighted by atomic mass is 9.61. The molecule has 2 aliphatic rings. The highest BCUT2D eigenvalue weighted by Gasteiger charge is 2.52. The number of rotatable bonds is 3. The van der Waals surface area contributed by atoms with Crippen LogP contribution in [0.3, 0.4) is 0 Å². The van der Waals surface area contributed by atoms with Crippen LogP contribution in [0.2, 0.25) is 0 Å². The summed E-state index contributed by atoms with van der Waals surface area (Å²) in [5, 5.41) is 14.1. The van der Waals surface area contributed by atoms with Crippen molar-refractivity contribution in [1.29, 1.82) is 0 Å². The molecule has 2 aromatic rings. The van der Waals surface area contributed by atoms with E-state index in [1.54, 1.807) is 17.4 Å². The zero-order valence-corrected chi connectivity index (χ0v) is 16.4. The van der Waals surface area contributed by atoms with Crippen LogP contribution in [0.25, 0.3) is 0 Å². The number of hydrogen-bond acceptors (Lipinski definition) is 4. The molecular formula is C21H26N2O2S. The minimum atomic E-state index is -0.136. The molecule has 1 aliphatic carbocycles. The summed E-state index contributed by atoms with van der Waals surface area (Å²) in [7, 11) is 4.12. The highest BCUT2D eigenvalue weighted by atomic mass is 32.1. The normalized spacial score (nSPS) is 27.8. The second-order valence-electron chi connectivity index (χ2n) is 8.02. The van der Waals surface area contributed by atoms with Crippen molar-refractivity contribution < 1.29 is 9.90 Å². The van der Waals surface area contributed by atoms with Crippen LogP contribution in [0.4, 0.5) is 0 Å². The van der Waals surface area contributed by atoms with Gasteiger partial charge in [-0.05, 0) is 72.1 Å². The summed E-state index contributed by atoms with van der Waals surface area (Å²) >= 11 is 1.63. The van der Waals surface area contributed by atoms with Crippen molar-refractivity contribution in [3.63, 3.8) is 0 Å². The average Bonchev–Trinajstić information content (AvgIpc) is 3.11. The molecule has 2 heterocycles. The Hall–Kier alpha value is -1.85. The Morgan fingerprint density at radius 1 is 1.42 bits per heavy atom. The maximum Gasteiger partial charge on any atom is 0.227 e. The van der Waals surface area contributed by atoms with Crippen molar-refractivity contribution in [2.75, 3.05) is 20.6 Å². The van der Waals surface area contributed by atoms with E-state index in [4.69, 9.17) is 0 Å². The number of thiophene rings is 1. The fourth-order valence-electron chi connectivity index (χ4n) is 4.98. The van der Waals surface area contributed by atoms with E-state index in [0.29, 0.717) is 18.2 Å². The molecule has 1 aromatic heterocycles. The summed E-state index contributed by atoms with van der Waals surface area (Å²) in [4.78, 5) is 17.4. The number of nitrogens with zero attached hydrogens (tertiary/aromatic N) is 2. The summed E-state index contributed by atoms with van der Waals surface area (Å²) < 4.78 is 0. The molecule has 138 valence electrons. The van der Waals surface area contributed by atoms with E-state index in [1.807, 2.05) is 29.5 Å². The maximum atomic E-state index is 13.0. The first kappa shape index (κ1) is 17.6. The van der Waals surface area contributed by atoms with E-state index >= 15 is 0 Å². The van der Waals surface area contributed by atoms with Crippen molar-refractivity contribution in [3.8, 4) is 5.75 Å². The fourth-order valence-corrected chi connectivity index (χ4v) is 5.65. The van der Waals surface area contributed by atoms with E-state index in [-0.39, 0.29) is 17.4 Å². The van der Waals surface area contributed by atoms with Gasteiger partial charge in [0.1, 0.15) is 5.75 Å². The van der Waals surface area contributed by atoms with Crippen molar-refractivity contribution in [1.82, 2.24) is 9.80 Å². The number of carbonyl (C=O) groups is 1. The highest BCUT2D eigenvalue weighted by molar-refractivity contribution is 7.08. The zero-order chi connectivity index (χ0) is 18.5. The van der Waals surface area contributed by atoms with Gasteiger partial charge in [-0.3, -0.25) is 4.79 Å². The number of piperidine rings is 1. The number of likely N-dealkylation sites (tertiary alicyclic amines) is 1. The summed E-state index contributed by atoms with van der Waals surface area (Å²) in [6.45, 7) is 3.28. The minimum absolute atomic E-state index is 0.113. The summed E-state index contributed by atoms with van der Waals surface area (Å²) in [5.74, 6) is 0.483. The number of benzene rings is 1. The standard InChI is InChI=1S/C21H26N2O2S/c1-21-7-8-22(2)18(11-15-4-5-16(24)12-17(15)21)20(21)23(3)19(25)10-14-6-9-26-13-14/h4-6,9,12-13,18,20,24H,7-8,10-11H2,1-3H3/t18-,20+,21-/m1/s1. The number of likely N-dealkylation sites (N-methyl/N-ethyl adjacent to an activating group) is 2. The molecule has 3 atom stereocenters. The van der Waals surface area contributed by atoms with E-state index in [0.717, 1.165) is 24.9 Å². The summed E-state index contributed by atoms with van der Waals surface area (Å²) in [6.07, 6.45) is 2.36.